The summed E-state index contributed by atoms with van der Waals surface area (Å²) in [5.41, 5.74) is 1.63. The minimum absolute atomic E-state index is 0.00746. The van der Waals surface area contributed by atoms with Crippen LogP contribution in [-0.2, 0) is 11.3 Å². The molecule has 1 saturated heterocycles. The predicted molar refractivity (Wildman–Crippen MR) is 115 cm³/mol. The van der Waals surface area contributed by atoms with Crippen LogP contribution in [0.15, 0.2) is 42.5 Å². The first-order chi connectivity index (χ1) is 14.6. The van der Waals surface area contributed by atoms with E-state index in [9.17, 15) is 9.59 Å². The number of aromatic nitrogens is 1. The smallest absolute Gasteiger partial charge is 0.325 e. The number of para-hydroxylation sites is 1. The van der Waals surface area contributed by atoms with E-state index < -0.39 is 0 Å². The zero-order valence-corrected chi connectivity index (χ0v) is 17.6. The SMILES string of the molecule is COc1ccc(N2CCN(CC(=O)NCc3nc4ccccc4s3)C2=O)cc1OC. The molecule has 4 rings (SSSR count). The molecule has 0 unspecified atom stereocenters. The molecule has 2 aromatic carbocycles. The highest BCUT2D eigenvalue weighted by Gasteiger charge is 2.31. The van der Waals surface area contributed by atoms with Crippen molar-refractivity contribution in [1.82, 2.24) is 15.2 Å². The van der Waals surface area contributed by atoms with Crippen molar-refractivity contribution in [1.29, 1.82) is 0 Å². The molecule has 1 fully saturated rings. The molecule has 1 N–H and O–H groups in total. The summed E-state index contributed by atoms with van der Waals surface area (Å²) in [6, 6.07) is 13.0. The van der Waals surface area contributed by atoms with Crippen LogP contribution in [-0.4, -0.2) is 55.7 Å². The van der Waals surface area contributed by atoms with E-state index in [1.807, 2.05) is 24.3 Å². The summed E-state index contributed by atoms with van der Waals surface area (Å²) >= 11 is 1.55. The Balaban J connectivity index is 1.35. The second-order valence-electron chi connectivity index (χ2n) is 6.75. The van der Waals surface area contributed by atoms with Crippen molar-refractivity contribution in [2.75, 3.05) is 38.8 Å². The van der Waals surface area contributed by atoms with Crippen molar-refractivity contribution >= 4 is 39.2 Å². The monoisotopic (exact) mass is 426 g/mol. The molecule has 156 valence electrons. The lowest BCUT2D eigenvalue weighted by molar-refractivity contribution is -0.121. The van der Waals surface area contributed by atoms with Gasteiger partial charge in [0, 0.05) is 24.8 Å². The van der Waals surface area contributed by atoms with E-state index in [0.717, 1.165) is 15.2 Å². The first kappa shape index (κ1) is 20.0. The topological polar surface area (TPSA) is 84.0 Å². The van der Waals surface area contributed by atoms with Gasteiger partial charge in [0.25, 0.3) is 0 Å². The van der Waals surface area contributed by atoms with Crippen LogP contribution in [0.3, 0.4) is 0 Å². The number of thiazole rings is 1. The first-order valence-corrected chi connectivity index (χ1v) is 10.3. The van der Waals surface area contributed by atoms with Gasteiger partial charge >= 0.3 is 6.03 Å². The molecule has 0 atom stereocenters. The molecule has 3 aromatic rings. The fourth-order valence-corrected chi connectivity index (χ4v) is 4.27. The Bertz CT molecular complexity index is 1050. The number of anilines is 1. The molecular formula is C21H22N4O4S. The van der Waals surface area contributed by atoms with Gasteiger partial charge in [0.1, 0.15) is 11.6 Å². The van der Waals surface area contributed by atoms with Gasteiger partial charge in [-0.3, -0.25) is 9.69 Å². The molecule has 0 bridgehead atoms. The normalized spacial score (nSPS) is 13.7. The van der Waals surface area contributed by atoms with Gasteiger partial charge in [-0.2, -0.15) is 0 Å². The van der Waals surface area contributed by atoms with Crippen LogP contribution in [0.25, 0.3) is 10.2 Å². The number of carbonyl (C=O) groups excluding carboxylic acids is 2. The molecule has 0 aliphatic carbocycles. The zero-order chi connectivity index (χ0) is 21.1. The maximum Gasteiger partial charge on any atom is 0.325 e. The Labute approximate surface area is 178 Å². The van der Waals surface area contributed by atoms with Crippen molar-refractivity contribution in [3.05, 3.63) is 47.5 Å². The molecule has 30 heavy (non-hydrogen) atoms. The number of ether oxygens (including phenoxy) is 2. The molecule has 0 spiro atoms. The second kappa shape index (κ2) is 8.58. The maximum atomic E-state index is 12.8. The van der Waals surface area contributed by atoms with E-state index in [-0.39, 0.29) is 18.5 Å². The van der Waals surface area contributed by atoms with Crippen molar-refractivity contribution in [2.24, 2.45) is 0 Å². The highest BCUT2D eigenvalue weighted by Crippen LogP contribution is 2.32. The zero-order valence-electron chi connectivity index (χ0n) is 16.8. The highest BCUT2D eigenvalue weighted by atomic mass is 32.1. The van der Waals surface area contributed by atoms with E-state index in [2.05, 4.69) is 10.3 Å². The minimum atomic E-state index is -0.211. The van der Waals surface area contributed by atoms with Gasteiger partial charge < -0.3 is 19.7 Å². The van der Waals surface area contributed by atoms with Gasteiger partial charge in [-0.25, -0.2) is 9.78 Å². The van der Waals surface area contributed by atoms with Crippen molar-refractivity contribution in [3.8, 4) is 11.5 Å². The van der Waals surface area contributed by atoms with Crippen LogP contribution >= 0.6 is 11.3 Å². The summed E-state index contributed by atoms with van der Waals surface area (Å²) in [7, 11) is 3.11. The fourth-order valence-electron chi connectivity index (χ4n) is 3.36. The van der Waals surface area contributed by atoms with Gasteiger partial charge in [-0.05, 0) is 24.3 Å². The Morgan fingerprint density at radius 3 is 2.70 bits per heavy atom. The number of methoxy groups -OCH3 is 2. The summed E-state index contributed by atoms with van der Waals surface area (Å²) in [4.78, 5) is 32.8. The molecule has 3 amide bonds. The number of benzene rings is 2. The van der Waals surface area contributed by atoms with Crippen LogP contribution in [0.5, 0.6) is 11.5 Å². The average molecular weight is 426 g/mol. The lowest BCUT2D eigenvalue weighted by atomic mass is 10.2. The Hall–Kier alpha value is -3.33. The Morgan fingerprint density at radius 2 is 1.93 bits per heavy atom. The summed E-state index contributed by atoms with van der Waals surface area (Å²) in [5, 5.41) is 3.69. The van der Waals surface area contributed by atoms with Crippen molar-refractivity contribution in [2.45, 2.75) is 6.54 Å². The van der Waals surface area contributed by atoms with Crippen LogP contribution in [0, 0.1) is 0 Å². The fraction of sp³-hybridized carbons (Fsp3) is 0.286. The predicted octanol–water partition coefficient (Wildman–Crippen LogP) is 2.87. The molecular weight excluding hydrogens is 404 g/mol. The third-order valence-electron chi connectivity index (χ3n) is 4.88. The minimum Gasteiger partial charge on any atom is -0.493 e. The Morgan fingerprint density at radius 1 is 1.13 bits per heavy atom. The molecule has 0 saturated carbocycles. The van der Waals surface area contributed by atoms with Gasteiger partial charge in [0.15, 0.2) is 11.5 Å². The molecule has 2 heterocycles. The maximum absolute atomic E-state index is 12.8. The number of carbonyl (C=O) groups is 2. The van der Waals surface area contributed by atoms with Gasteiger partial charge in [0.05, 0.1) is 31.0 Å². The summed E-state index contributed by atoms with van der Waals surface area (Å²) in [6.45, 7) is 1.33. The molecule has 9 heteroatoms. The van der Waals surface area contributed by atoms with Crippen LogP contribution < -0.4 is 19.7 Å². The second-order valence-corrected chi connectivity index (χ2v) is 7.86. The quantitative estimate of drug-likeness (QED) is 0.628. The average Bonchev–Trinajstić information content (AvgIpc) is 3.35. The van der Waals surface area contributed by atoms with E-state index >= 15 is 0 Å². The number of urea groups is 1. The van der Waals surface area contributed by atoms with Crippen molar-refractivity contribution < 1.29 is 19.1 Å². The number of fused-ring (bicyclic) bond motifs is 1. The number of nitrogens with zero attached hydrogens (tertiary/aromatic N) is 3. The summed E-state index contributed by atoms with van der Waals surface area (Å²) in [6.07, 6.45) is 0. The lowest BCUT2D eigenvalue weighted by Gasteiger charge is -2.19. The number of hydrogen-bond donors (Lipinski definition) is 1. The standard InChI is InChI=1S/C21H22N4O4S/c1-28-16-8-7-14(11-17(16)29-2)25-10-9-24(21(25)27)13-19(26)22-12-20-23-15-5-3-4-6-18(15)30-20/h3-8,11H,9-10,12-13H2,1-2H3,(H,22,26). The van der Waals surface area contributed by atoms with E-state index in [1.54, 1.807) is 48.7 Å². The van der Waals surface area contributed by atoms with Crippen LogP contribution in [0.1, 0.15) is 5.01 Å². The third-order valence-corrected chi connectivity index (χ3v) is 5.92. The number of rotatable bonds is 7. The molecule has 0 radical (unpaired) electrons. The largest absolute Gasteiger partial charge is 0.493 e. The van der Waals surface area contributed by atoms with Crippen LogP contribution in [0.2, 0.25) is 0 Å². The number of hydrogen-bond acceptors (Lipinski definition) is 6. The number of nitrogens with one attached hydrogen (secondary N) is 1. The lowest BCUT2D eigenvalue weighted by Crippen LogP contribution is -2.39. The third kappa shape index (κ3) is 4.02. The van der Waals surface area contributed by atoms with E-state index in [4.69, 9.17) is 9.47 Å². The first-order valence-electron chi connectivity index (χ1n) is 9.48. The van der Waals surface area contributed by atoms with Crippen molar-refractivity contribution in [3.63, 3.8) is 0 Å². The molecule has 1 aliphatic rings. The van der Waals surface area contributed by atoms with Gasteiger partial charge in [-0.1, -0.05) is 12.1 Å². The van der Waals surface area contributed by atoms with Crippen LogP contribution in [0.4, 0.5) is 10.5 Å². The summed E-state index contributed by atoms with van der Waals surface area (Å²) in [5.74, 6) is 0.936. The molecule has 1 aromatic heterocycles. The van der Waals surface area contributed by atoms with Gasteiger partial charge in [0.2, 0.25) is 5.91 Å². The van der Waals surface area contributed by atoms with E-state index in [0.29, 0.717) is 36.8 Å². The molecule has 8 nitrogen and oxygen atoms in total. The highest BCUT2D eigenvalue weighted by molar-refractivity contribution is 7.18. The Kier molecular flexibility index (Phi) is 5.71. The molecule has 1 aliphatic heterocycles. The van der Waals surface area contributed by atoms with Gasteiger partial charge in [-0.15, -0.1) is 11.3 Å². The summed E-state index contributed by atoms with van der Waals surface area (Å²) < 4.78 is 11.6. The number of amides is 3. The van der Waals surface area contributed by atoms with E-state index in [1.165, 1.54) is 4.90 Å².